The fraction of sp³-hybridized carbons (Fsp3) is 0.750. The fourth-order valence-corrected chi connectivity index (χ4v) is 2.34. The molecule has 0 aromatic carbocycles. The molecule has 0 aliphatic carbocycles. The van der Waals surface area contributed by atoms with Gasteiger partial charge in [0.25, 0.3) is 0 Å². The van der Waals surface area contributed by atoms with E-state index < -0.39 is 12.0 Å². The maximum absolute atomic E-state index is 11.4. The van der Waals surface area contributed by atoms with Crippen molar-refractivity contribution in [1.82, 2.24) is 4.90 Å². The van der Waals surface area contributed by atoms with Gasteiger partial charge in [-0.2, -0.15) is 0 Å². The van der Waals surface area contributed by atoms with Gasteiger partial charge in [0.1, 0.15) is 12.6 Å². The smallest absolute Gasteiger partial charge is 0.327 e. The van der Waals surface area contributed by atoms with Crippen molar-refractivity contribution in [2.45, 2.75) is 13.0 Å². The van der Waals surface area contributed by atoms with Crippen molar-refractivity contribution in [2.24, 2.45) is 0 Å². The molecule has 14 heavy (non-hydrogen) atoms. The first-order chi connectivity index (χ1) is 6.66. The van der Waals surface area contributed by atoms with Crippen molar-refractivity contribution in [3.8, 4) is 0 Å². The molecule has 6 heteroatoms. The van der Waals surface area contributed by atoms with E-state index in [0.717, 1.165) is 0 Å². The third kappa shape index (κ3) is 2.62. The summed E-state index contributed by atoms with van der Waals surface area (Å²) in [5.41, 5.74) is 0. The van der Waals surface area contributed by atoms with E-state index >= 15 is 0 Å². The minimum absolute atomic E-state index is 0.0269. The van der Waals surface area contributed by atoms with E-state index in [-0.39, 0.29) is 12.5 Å². The van der Waals surface area contributed by atoms with Crippen LogP contribution in [-0.2, 0) is 14.3 Å². The molecular formula is C8H13NO4S. The number of ether oxygens (including phenoxy) is 1. The average Bonchev–Trinajstić information content (AvgIpc) is 2.62. The Morgan fingerprint density at radius 3 is 2.93 bits per heavy atom. The molecule has 0 aromatic rings. The van der Waals surface area contributed by atoms with Crippen molar-refractivity contribution >= 4 is 23.6 Å². The SMILES string of the molecule is CCOCC(=O)N1CSC[C@H]1C(=O)O. The van der Waals surface area contributed by atoms with E-state index in [2.05, 4.69) is 0 Å². The molecule has 0 aromatic heterocycles. The van der Waals surface area contributed by atoms with Gasteiger partial charge < -0.3 is 14.7 Å². The van der Waals surface area contributed by atoms with Gasteiger partial charge in [0, 0.05) is 12.4 Å². The van der Waals surface area contributed by atoms with Crippen LogP contribution in [0.2, 0.25) is 0 Å². The summed E-state index contributed by atoms with van der Waals surface area (Å²) in [5.74, 6) is -0.278. The normalized spacial score (nSPS) is 21.2. The zero-order valence-corrected chi connectivity index (χ0v) is 8.75. The molecule has 1 saturated heterocycles. The fourth-order valence-electron chi connectivity index (χ4n) is 1.17. The van der Waals surface area contributed by atoms with Crippen molar-refractivity contribution in [2.75, 3.05) is 24.8 Å². The number of thioether (sulfide) groups is 1. The number of carboxylic acid groups (broad SMARTS) is 1. The predicted molar refractivity (Wildman–Crippen MR) is 52.1 cm³/mol. The number of hydrogen-bond acceptors (Lipinski definition) is 4. The highest BCUT2D eigenvalue weighted by Crippen LogP contribution is 2.20. The average molecular weight is 219 g/mol. The number of aliphatic carboxylic acids is 1. The Kier molecular flexibility index (Phi) is 4.21. The lowest BCUT2D eigenvalue weighted by molar-refractivity contribution is -0.149. The number of nitrogens with zero attached hydrogens (tertiary/aromatic N) is 1. The highest BCUT2D eigenvalue weighted by Gasteiger charge is 2.34. The standard InChI is InChI=1S/C8H13NO4S/c1-2-13-3-7(10)9-5-14-4-6(9)8(11)12/h6H,2-5H2,1H3,(H,11,12)/t6-/m0/s1. The monoisotopic (exact) mass is 219 g/mol. The molecule has 1 aliphatic heterocycles. The molecule has 0 unspecified atom stereocenters. The van der Waals surface area contributed by atoms with Crippen LogP contribution in [0.5, 0.6) is 0 Å². The van der Waals surface area contributed by atoms with Gasteiger partial charge in [0.2, 0.25) is 5.91 Å². The number of carbonyl (C=O) groups excluding carboxylic acids is 1. The van der Waals surface area contributed by atoms with Gasteiger partial charge in [-0.25, -0.2) is 4.79 Å². The van der Waals surface area contributed by atoms with E-state index in [0.29, 0.717) is 18.2 Å². The maximum Gasteiger partial charge on any atom is 0.327 e. The molecule has 0 bridgehead atoms. The van der Waals surface area contributed by atoms with Crippen molar-refractivity contribution in [3.05, 3.63) is 0 Å². The highest BCUT2D eigenvalue weighted by atomic mass is 32.2. The lowest BCUT2D eigenvalue weighted by Crippen LogP contribution is -2.43. The molecule has 1 N–H and O–H groups in total. The largest absolute Gasteiger partial charge is 0.480 e. The van der Waals surface area contributed by atoms with Crippen molar-refractivity contribution in [3.63, 3.8) is 0 Å². The zero-order valence-electron chi connectivity index (χ0n) is 7.93. The summed E-state index contributed by atoms with van der Waals surface area (Å²) < 4.78 is 4.94. The third-order valence-electron chi connectivity index (χ3n) is 1.92. The van der Waals surface area contributed by atoms with E-state index in [9.17, 15) is 9.59 Å². The van der Waals surface area contributed by atoms with Crippen LogP contribution in [0, 0.1) is 0 Å². The first-order valence-corrected chi connectivity index (χ1v) is 5.50. The number of carbonyl (C=O) groups is 2. The topological polar surface area (TPSA) is 66.8 Å². The Balaban J connectivity index is 2.49. The Morgan fingerprint density at radius 2 is 2.36 bits per heavy atom. The lowest BCUT2D eigenvalue weighted by atomic mass is 10.3. The first kappa shape index (κ1) is 11.3. The van der Waals surface area contributed by atoms with E-state index in [4.69, 9.17) is 9.84 Å². The number of carboxylic acids is 1. The summed E-state index contributed by atoms with van der Waals surface area (Å²) in [6.45, 7) is 2.23. The molecule has 0 radical (unpaired) electrons. The van der Waals surface area contributed by atoms with Crippen LogP contribution >= 0.6 is 11.8 Å². The number of hydrogen-bond donors (Lipinski definition) is 1. The Morgan fingerprint density at radius 1 is 1.64 bits per heavy atom. The molecule has 1 fully saturated rings. The molecule has 5 nitrogen and oxygen atoms in total. The van der Waals surface area contributed by atoms with Gasteiger partial charge in [-0.05, 0) is 6.92 Å². The second kappa shape index (κ2) is 5.21. The van der Waals surface area contributed by atoms with Gasteiger partial charge in [-0.1, -0.05) is 0 Å². The minimum atomic E-state index is -0.945. The van der Waals surface area contributed by atoms with Gasteiger partial charge in [0.15, 0.2) is 0 Å². The van der Waals surface area contributed by atoms with Crippen molar-refractivity contribution in [1.29, 1.82) is 0 Å². The predicted octanol–water partition coefficient (Wildman–Crippen LogP) is 0.00900. The van der Waals surface area contributed by atoms with Gasteiger partial charge in [-0.15, -0.1) is 11.8 Å². The van der Waals surface area contributed by atoms with Crippen LogP contribution in [0.15, 0.2) is 0 Å². The summed E-state index contributed by atoms with van der Waals surface area (Å²) in [6, 6.07) is -0.687. The first-order valence-electron chi connectivity index (χ1n) is 4.34. The number of amides is 1. The highest BCUT2D eigenvalue weighted by molar-refractivity contribution is 7.99. The summed E-state index contributed by atoms with van der Waals surface area (Å²) in [7, 11) is 0. The molecule has 1 heterocycles. The van der Waals surface area contributed by atoms with Crippen LogP contribution < -0.4 is 0 Å². The molecule has 1 amide bonds. The summed E-state index contributed by atoms with van der Waals surface area (Å²) in [6.07, 6.45) is 0. The van der Waals surface area contributed by atoms with E-state index in [1.807, 2.05) is 0 Å². The van der Waals surface area contributed by atoms with Crippen LogP contribution in [0.4, 0.5) is 0 Å². The molecule has 0 saturated carbocycles. The minimum Gasteiger partial charge on any atom is -0.480 e. The maximum atomic E-state index is 11.4. The van der Waals surface area contributed by atoms with Crippen LogP contribution in [0.3, 0.4) is 0 Å². The number of rotatable bonds is 4. The Labute approximate surface area is 86.4 Å². The summed E-state index contributed by atoms with van der Waals surface area (Å²) in [4.78, 5) is 23.5. The van der Waals surface area contributed by atoms with Gasteiger partial charge >= 0.3 is 5.97 Å². The van der Waals surface area contributed by atoms with Crippen molar-refractivity contribution < 1.29 is 19.4 Å². The van der Waals surface area contributed by atoms with Crippen LogP contribution in [-0.4, -0.2) is 52.8 Å². The second-order valence-electron chi connectivity index (χ2n) is 2.85. The van der Waals surface area contributed by atoms with Crippen LogP contribution in [0.25, 0.3) is 0 Å². The van der Waals surface area contributed by atoms with E-state index in [1.54, 1.807) is 6.92 Å². The molecular weight excluding hydrogens is 206 g/mol. The molecule has 1 aliphatic rings. The Bertz CT molecular complexity index is 233. The van der Waals surface area contributed by atoms with Crippen LogP contribution in [0.1, 0.15) is 6.92 Å². The summed E-state index contributed by atoms with van der Waals surface area (Å²) in [5, 5.41) is 8.81. The van der Waals surface area contributed by atoms with E-state index in [1.165, 1.54) is 16.7 Å². The Hall–Kier alpha value is -0.750. The molecule has 0 spiro atoms. The molecule has 1 atom stereocenters. The zero-order chi connectivity index (χ0) is 10.6. The van der Waals surface area contributed by atoms with Gasteiger partial charge in [0.05, 0.1) is 5.88 Å². The molecule has 80 valence electrons. The lowest BCUT2D eigenvalue weighted by Gasteiger charge is -2.19. The quantitative estimate of drug-likeness (QED) is 0.721. The second-order valence-corrected chi connectivity index (χ2v) is 3.85. The third-order valence-corrected chi connectivity index (χ3v) is 2.93. The molecule has 1 rings (SSSR count). The van der Waals surface area contributed by atoms with Gasteiger partial charge in [-0.3, -0.25) is 4.79 Å². The summed E-state index contributed by atoms with van der Waals surface area (Å²) >= 11 is 1.45.